The van der Waals surface area contributed by atoms with Crippen LogP contribution in [0.5, 0.6) is 0 Å². The van der Waals surface area contributed by atoms with E-state index in [0.717, 1.165) is 24.9 Å². The molecule has 31 heavy (non-hydrogen) atoms. The van der Waals surface area contributed by atoms with Gasteiger partial charge in [0.25, 0.3) is 5.91 Å². The molecule has 2 fully saturated rings. The number of nitrogens with zero attached hydrogens (tertiary/aromatic N) is 2. The van der Waals surface area contributed by atoms with Gasteiger partial charge in [0.15, 0.2) is 0 Å². The summed E-state index contributed by atoms with van der Waals surface area (Å²) in [5.41, 5.74) is 1.07. The van der Waals surface area contributed by atoms with E-state index in [0.29, 0.717) is 38.2 Å². The zero-order valence-electron chi connectivity index (χ0n) is 17.4. The van der Waals surface area contributed by atoms with Crippen molar-refractivity contribution in [2.24, 2.45) is 5.92 Å². The fraction of sp³-hybridized carbons (Fsp3) is 0.391. The van der Waals surface area contributed by atoms with Crippen LogP contribution in [0.4, 0.5) is 5.69 Å². The van der Waals surface area contributed by atoms with Crippen molar-refractivity contribution >= 4 is 27.5 Å². The van der Waals surface area contributed by atoms with Crippen LogP contribution < -0.4 is 5.32 Å². The topological polar surface area (TPSA) is 86.8 Å². The smallest absolute Gasteiger partial charge is 0.253 e. The fourth-order valence-corrected chi connectivity index (χ4v) is 5.75. The van der Waals surface area contributed by atoms with Crippen molar-refractivity contribution in [3.8, 4) is 0 Å². The molecule has 2 saturated heterocycles. The van der Waals surface area contributed by atoms with Crippen molar-refractivity contribution in [2.45, 2.75) is 30.6 Å². The largest absolute Gasteiger partial charge is 0.338 e. The Hall–Kier alpha value is -2.71. The van der Waals surface area contributed by atoms with Crippen LogP contribution in [0.3, 0.4) is 0 Å². The predicted molar refractivity (Wildman–Crippen MR) is 118 cm³/mol. The molecule has 2 heterocycles. The Labute approximate surface area is 183 Å². The molecule has 1 atom stereocenters. The molecule has 1 unspecified atom stereocenters. The number of carbonyl (C=O) groups excluding carboxylic acids is 2. The molecule has 2 amide bonds. The third kappa shape index (κ3) is 4.80. The van der Waals surface area contributed by atoms with Crippen LogP contribution >= 0.6 is 0 Å². The number of piperidine rings is 1. The number of amides is 2. The number of anilines is 1. The van der Waals surface area contributed by atoms with E-state index in [4.69, 9.17) is 0 Å². The summed E-state index contributed by atoms with van der Waals surface area (Å²) < 4.78 is 27.2. The van der Waals surface area contributed by atoms with Crippen molar-refractivity contribution in [1.29, 1.82) is 0 Å². The van der Waals surface area contributed by atoms with Crippen molar-refractivity contribution in [1.82, 2.24) is 9.21 Å². The molecule has 0 bridgehead atoms. The minimum Gasteiger partial charge on any atom is -0.338 e. The number of rotatable bonds is 5. The lowest BCUT2D eigenvalue weighted by molar-refractivity contribution is -0.121. The van der Waals surface area contributed by atoms with E-state index in [1.165, 1.54) is 16.4 Å². The Bertz CT molecular complexity index is 1050. The Morgan fingerprint density at radius 2 is 1.65 bits per heavy atom. The molecule has 7 nitrogen and oxygen atoms in total. The standard InChI is InChI=1S/C23H27N3O4S/c27-22(24-20-10-2-1-3-11-20)19-9-7-13-25(17-19)23(28)18-8-6-12-21(16-18)31(29,30)26-14-4-5-15-26/h1-3,6,8,10-12,16,19H,4-5,7,9,13-15,17H2,(H,24,27). The number of hydrogen-bond acceptors (Lipinski definition) is 4. The molecule has 0 aliphatic carbocycles. The van der Waals surface area contributed by atoms with Gasteiger partial charge in [-0.25, -0.2) is 8.42 Å². The van der Waals surface area contributed by atoms with Gasteiger partial charge in [0.05, 0.1) is 10.8 Å². The summed E-state index contributed by atoms with van der Waals surface area (Å²) in [4.78, 5) is 27.6. The lowest BCUT2D eigenvalue weighted by Crippen LogP contribution is -2.43. The molecule has 4 rings (SSSR count). The van der Waals surface area contributed by atoms with Crippen molar-refractivity contribution in [3.05, 3.63) is 60.2 Å². The van der Waals surface area contributed by atoms with E-state index < -0.39 is 10.0 Å². The lowest BCUT2D eigenvalue weighted by atomic mass is 9.96. The summed E-state index contributed by atoms with van der Waals surface area (Å²) in [6.45, 7) is 1.91. The maximum absolute atomic E-state index is 13.1. The van der Waals surface area contributed by atoms with Gasteiger partial charge >= 0.3 is 0 Å². The third-order valence-electron chi connectivity index (χ3n) is 5.90. The van der Waals surface area contributed by atoms with Crippen LogP contribution in [0.2, 0.25) is 0 Å². The van der Waals surface area contributed by atoms with Crippen molar-refractivity contribution in [3.63, 3.8) is 0 Å². The zero-order valence-corrected chi connectivity index (χ0v) is 18.2. The summed E-state index contributed by atoms with van der Waals surface area (Å²) >= 11 is 0. The molecule has 1 N–H and O–H groups in total. The van der Waals surface area contributed by atoms with Crippen LogP contribution in [0.15, 0.2) is 59.5 Å². The first kappa shape index (κ1) is 21.5. The van der Waals surface area contributed by atoms with Crippen LogP contribution in [-0.4, -0.2) is 55.6 Å². The molecule has 8 heteroatoms. The molecule has 0 aromatic heterocycles. The SMILES string of the molecule is O=C(Nc1ccccc1)C1CCCN(C(=O)c2cccc(S(=O)(=O)N3CCCC3)c2)C1. The molecule has 0 radical (unpaired) electrons. The summed E-state index contributed by atoms with van der Waals surface area (Å²) in [6.07, 6.45) is 3.16. The second-order valence-corrected chi connectivity index (χ2v) is 10.0. The van der Waals surface area contributed by atoms with Gasteiger partial charge < -0.3 is 10.2 Å². The normalized spacial score (nSPS) is 19.9. The van der Waals surface area contributed by atoms with Gasteiger partial charge in [-0.1, -0.05) is 24.3 Å². The number of para-hydroxylation sites is 1. The van der Waals surface area contributed by atoms with Gasteiger partial charge in [0.1, 0.15) is 0 Å². The van der Waals surface area contributed by atoms with Gasteiger partial charge in [-0.15, -0.1) is 0 Å². The first-order valence-electron chi connectivity index (χ1n) is 10.7. The molecule has 2 aromatic carbocycles. The first-order valence-corrected chi connectivity index (χ1v) is 12.1. The molecule has 164 valence electrons. The number of nitrogens with one attached hydrogen (secondary N) is 1. The summed E-state index contributed by atoms with van der Waals surface area (Å²) in [7, 11) is -3.59. The number of sulfonamides is 1. The van der Waals surface area contributed by atoms with Gasteiger partial charge in [-0.05, 0) is 56.0 Å². The maximum Gasteiger partial charge on any atom is 0.253 e. The van der Waals surface area contributed by atoms with E-state index in [2.05, 4.69) is 5.32 Å². The quantitative estimate of drug-likeness (QED) is 0.773. The highest BCUT2D eigenvalue weighted by atomic mass is 32.2. The summed E-state index contributed by atoms with van der Waals surface area (Å²) in [5, 5.41) is 2.91. The van der Waals surface area contributed by atoms with Crippen molar-refractivity contribution in [2.75, 3.05) is 31.5 Å². The number of carbonyl (C=O) groups is 2. The van der Waals surface area contributed by atoms with Crippen LogP contribution in [-0.2, 0) is 14.8 Å². The minimum absolute atomic E-state index is 0.103. The van der Waals surface area contributed by atoms with E-state index in [-0.39, 0.29) is 22.6 Å². The summed E-state index contributed by atoms with van der Waals surface area (Å²) in [6, 6.07) is 15.5. The Morgan fingerprint density at radius 1 is 0.903 bits per heavy atom. The first-order chi connectivity index (χ1) is 14.9. The highest BCUT2D eigenvalue weighted by Gasteiger charge is 2.31. The van der Waals surface area contributed by atoms with Gasteiger partial charge in [-0.2, -0.15) is 4.31 Å². The average Bonchev–Trinajstić information content (AvgIpc) is 3.35. The van der Waals surface area contributed by atoms with Crippen molar-refractivity contribution < 1.29 is 18.0 Å². The van der Waals surface area contributed by atoms with Crippen LogP contribution in [0.1, 0.15) is 36.0 Å². The average molecular weight is 442 g/mol. The van der Waals surface area contributed by atoms with Gasteiger partial charge in [-0.3, -0.25) is 9.59 Å². The molecular formula is C23H27N3O4S. The molecule has 2 aliphatic heterocycles. The third-order valence-corrected chi connectivity index (χ3v) is 7.80. The van der Waals surface area contributed by atoms with E-state index in [1.807, 2.05) is 30.3 Å². The minimum atomic E-state index is -3.59. The van der Waals surface area contributed by atoms with E-state index in [9.17, 15) is 18.0 Å². The molecule has 0 spiro atoms. The second kappa shape index (κ2) is 9.20. The molecule has 0 saturated carbocycles. The van der Waals surface area contributed by atoms with Gasteiger partial charge in [0, 0.05) is 37.4 Å². The highest BCUT2D eigenvalue weighted by Crippen LogP contribution is 2.24. The zero-order chi connectivity index (χ0) is 21.8. The molecule has 2 aromatic rings. The Balaban J connectivity index is 1.46. The van der Waals surface area contributed by atoms with E-state index >= 15 is 0 Å². The number of benzene rings is 2. The van der Waals surface area contributed by atoms with E-state index in [1.54, 1.807) is 17.0 Å². The van der Waals surface area contributed by atoms with Crippen LogP contribution in [0, 0.1) is 5.92 Å². The van der Waals surface area contributed by atoms with Gasteiger partial charge in [0.2, 0.25) is 15.9 Å². The maximum atomic E-state index is 13.1. The number of hydrogen-bond donors (Lipinski definition) is 1. The van der Waals surface area contributed by atoms with Crippen LogP contribution in [0.25, 0.3) is 0 Å². The molecule has 2 aliphatic rings. The second-order valence-electron chi connectivity index (χ2n) is 8.08. The molecular weight excluding hydrogens is 414 g/mol. The fourth-order valence-electron chi connectivity index (χ4n) is 4.19. The predicted octanol–water partition coefficient (Wildman–Crippen LogP) is 2.96. The Morgan fingerprint density at radius 3 is 2.39 bits per heavy atom. The monoisotopic (exact) mass is 441 g/mol. The lowest BCUT2D eigenvalue weighted by Gasteiger charge is -2.32. The summed E-state index contributed by atoms with van der Waals surface area (Å²) in [5.74, 6) is -0.640. The number of likely N-dealkylation sites (tertiary alicyclic amines) is 1. The Kier molecular flexibility index (Phi) is 6.38. The highest BCUT2D eigenvalue weighted by molar-refractivity contribution is 7.89.